The standard InChI is InChI=1S/C10H17N3/c1-2-10-12-9(11)7-13(10)8-5-3-4-6-8/h7-8H,2-6,11H2,1H3/p+1. The molecule has 1 aromatic rings. The van der Waals surface area contributed by atoms with Crippen LogP contribution in [0.5, 0.6) is 0 Å². The predicted octanol–water partition coefficient (Wildman–Crippen LogP) is 1.56. The largest absolute Gasteiger partial charge is 0.363 e. The first kappa shape index (κ1) is 8.60. The molecule has 0 aliphatic heterocycles. The Bertz CT molecular complexity index is 284. The lowest BCUT2D eigenvalue weighted by molar-refractivity contribution is -0.726. The molecule has 0 amide bonds. The summed E-state index contributed by atoms with van der Waals surface area (Å²) in [6, 6.07) is 0.698. The Labute approximate surface area is 79.0 Å². The van der Waals surface area contributed by atoms with E-state index in [1.54, 1.807) is 0 Å². The minimum Gasteiger partial charge on any atom is -0.363 e. The van der Waals surface area contributed by atoms with E-state index in [1.165, 1.54) is 31.5 Å². The van der Waals surface area contributed by atoms with Crippen LogP contribution in [-0.2, 0) is 6.42 Å². The number of aromatic amines is 1. The summed E-state index contributed by atoms with van der Waals surface area (Å²) in [6.07, 6.45) is 8.45. The van der Waals surface area contributed by atoms with Gasteiger partial charge in [0, 0.05) is 6.42 Å². The van der Waals surface area contributed by atoms with E-state index in [0.717, 1.165) is 12.2 Å². The van der Waals surface area contributed by atoms with Gasteiger partial charge in [0.1, 0.15) is 6.04 Å². The number of hydrogen-bond donors (Lipinski definition) is 2. The second-order valence-electron chi connectivity index (χ2n) is 3.86. The van der Waals surface area contributed by atoms with E-state index >= 15 is 0 Å². The highest BCUT2D eigenvalue weighted by molar-refractivity contribution is 5.20. The van der Waals surface area contributed by atoms with Crippen molar-refractivity contribution in [3.63, 3.8) is 0 Å². The molecule has 13 heavy (non-hydrogen) atoms. The van der Waals surface area contributed by atoms with Gasteiger partial charge in [-0.15, -0.1) is 0 Å². The number of imidazole rings is 1. The maximum atomic E-state index is 5.75. The molecule has 3 heteroatoms. The number of anilines is 1. The minimum atomic E-state index is 0.698. The summed E-state index contributed by atoms with van der Waals surface area (Å²) in [7, 11) is 0. The van der Waals surface area contributed by atoms with Crippen LogP contribution in [0, 0.1) is 0 Å². The average molecular weight is 180 g/mol. The lowest BCUT2D eigenvalue weighted by Gasteiger charge is -2.05. The summed E-state index contributed by atoms with van der Waals surface area (Å²) in [6.45, 7) is 2.16. The second-order valence-corrected chi connectivity index (χ2v) is 3.86. The van der Waals surface area contributed by atoms with E-state index in [1.807, 2.05) is 0 Å². The Morgan fingerprint density at radius 2 is 2.23 bits per heavy atom. The summed E-state index contributed by atoms with van der Waals surface area (Å²) >= 11 is 0. The van der Waals surface area contributed by atoms with E-state index < -0.39 is 0 Å². The number of nitrogens with two attached hydrogens (primary N) is 1. The van der Waals surface area contributed by atoms with Crippen molar-refractivity contribution in [1.82, 2.24) is 4.98 Å². The summed E-state index contributed by atoms with van der Waals surface area (Å²) in [5.74, 6) is 2.06. The fraction of sp³-hybridized carbons (Fsp3) is 0.700. The molecule has 0 radical (unpaired) electrons. The third-order valence-corrected chi connectivity index (χ3v) is 2.93. The Morgan fingerprint density at radius 1 is 1.54 bits per heavy atom. The first-order chi connectivity index (χ1) is 6.31. The fourth-order valence-electron chi connectivity index (χ4n) is 2.27. The maximum Gasteiger partial charge on any atom is 0.255 e. The molecule has 3 nitrogen and oxygen atoms in total. The molecule has 0 atom stereocenters. The van der Waals surface area contributed by atoms with Crippen molar-refractivity contribution < 1.29 is 4.57 Å². The number of nitrogen functional groups attached to an aromatic ring is 1. The van der Waals surface area contributed by atoms with Gasteiger partial charge in [-0.3, -0.25) is 0 Å². The van der Waals surface area contributed by atoms with Crippen molar-refractivity contribution in [3.8, 4) is 0 Å². The molecular weight excluding hydrogens is 162 g/mol. The zero-order valence-corrected chi connectivity index (χ0v) is 8.21. The van der Waals surface area contributed by atoms with Gasteiger partial charge in [0.2, 0.25) is 5.82 Å². The average Bonchev–Trinajstić information content (AvgIpc) is 2.71. The van der Waals surface area contributed by atoms with Gasteiger partial charge in [-0.2, -0.15) is 0 Å². The van der Waals surface area contributed by atoms with Crippen LogP contribution < -0.4 is 10.3 Å². The van der Waals surface area contributed by atoms with Gasteiger partial charge in [-0.1, -0.05) is 6.92 Å². The van der Waals surface area contributed by atoms with Gasteiger partial charge in [-0.05, 0) is 25.7 Å². The summed E-state index contributed by atoms with van der Waals surface area (Å²) < 4.78 is 2.34. The zero-order valence-electron chi connectivity index (χ0n) is 8.21. The lowest BCUT2D eigenvalue weighted by atomic mass is 10.2. The highest BCUT2D eigenvalue weighted by atomic mass is 15.1. The monoisotopic (exact) mass is 180 g/mol. The zero-order chi connectivity index (χ0) is 9.26. The van der Waals surface area contributed by atoms with Crippen molar-refractivity contribution in [2.75, 3.05) is 5.73 Å². The van der Waals surface area contributed by atoms with Crippen LogP contribution in [-0.4, -0.2) is 4.98 Å². The third kappa shape index (κ3) is 1.55. The topological polar surface area (TPSA) is 45.7 Å². The summed E-state index contributed by atoms with van der Waals surface area (Å²) in [5, 5.41) is 0. The maximum absolute atomic E-state index is 5.75. The van der Waals surface area contributed by atoms with Crippen LogP contribution in [0.25, 0.3) is 0 Å². The number of nitrogens with zero attached hydrogens (tertiary/aromatic N) is 1. The van der Waals surface area contributed by atoms with Crippen molar-refractivity contribution >= 4 is 5.82 Å². The van der Waals surface area contributed by atoms with Gasteiger partial charge in [0.05, 0.1) is 0 Å². The summed E-state index contributed by atoms with van der Waals surface area (Å²) in [5.41, 5.74) is 5.75. The molecule has 0 spiro atoms. The molecule has 1 aromatic heterocycles. The van der Waals surface area contributed by atoms with Crippen LogP contribution in [0.15, 0.2) is 6.20 Å². The molecular formula is C10H18N3+. The van der Waals surface area contributed by atoms with Gasteiger partial charge in [-0.25, -0.2) is 9.55 Å². The van der Waals surface area contributed by atoms with Crippen molar-refractivity contribution in [2.45, 2.75) is 45.1 Å². The van der Waals surface area contributed by atoms with Crippen LogP contribution in [0.2, 0.25) is 0 Å². The number of aromatic nitrogens is 2. The van der Waals surface area contributed by atoms with Gasteiger partial charge >= 0.3 is 0 Å². The van der Waals surface area contributed by atoms with Crippen LogP contribution in [0.3, 0.4) is 0 Å². The van der Waals surface area contributed by atoms with E-state index in [-0.39, 0.29) is 0 Å². The van der Waals surface area contributed by atoms with Crippen molar-refractivity contribution in [1.29, 1.82) is 0 Å². The van der Waals surface area contributed by atoms with Gasteiger partial charge in [0.15, 0.2) is 6.20 Å². The predicted molar refractivity (Wildman–Crippen MR) is 52.3 cm³/mol. The molecule has 0 saturated heterocycles. The van der Waals surface area contributed by atoms with Gasteiger partial charge < -0.3 is 5.73 Å². The number of nitrogens with one attached hydrogen (secondary N) is 1. The van der Waals surface area contributed by atoms with Crippen LogP contribution in [0.1, 0.15) is 44.5 Å². The Kier molecular flexibility index (Phi) is 2.25. The highest BCUT2D eigenvalue weighted by Crippen LogP contribution is 2.25. The van der Waals surface area contributed by atoms with Gasteiger partial charge in [0.25, 0.3) is 5.82 Å². The molecule has 0 unspecified atom stereocenters. The van der Waals surface area contributed by atoms with Crippen molar-refractivity contribution in [2.24, 2.45) is 0 Å². The first-order valence-corrected chi connectivity index (χ1v) is 5.19. The van der Waals surface area contributed by atoms with E-state index in [9.17, 15) is 0 Å². The molecule has 1 aliphatic carbocycles. The highest BCUT2D eigenvalue weighted by Gasteiger charge is 2.24. The number of H-pyrrole nitrogens is 1. The quantitative estimate of drug-likeness (QED) is 0.667. The Morgan fingerprint density at radius 3 is 2.85 bits per heavy atom. The summed E-state index contributed by atoms with van der Waals surface area (Å²) in [4.78, 5) is 3.21. The third-order valence-electron chi connectivity index (χ3n) is 2.93. The molecule has 1 saturated carbocycles. The smallest absolute Gasteiger partial charge is 0.255 e. The fourth-order valence-corrected chi connectivity index (χ4v) is 2.27. The molecule has 2 rings (SSSR count). The van der Waals surface area contributed by atoms with Crippen LogP contribution in [0.4, 0.5) is 5.82 Å². The Hall–Kier alpha value is -0.990. The molecule has 1 fully saturated rings. The van der Waals surface area contributed by atoms with Crippen molar-refractivity contribution in [3.05, 3.63) is 12.0 Å². The normalized spacial score (nSPS) is 18.2. The number of hydrogen-bond acceptors (Lipinski definition) is 1. The SMILES string of the molecule is CCc1[nH]c(N)c[n+]1C1CCCC1. The number of aryl methyl sites for hydroxylation is 1. The molecule has 0 aromatic carbocycles. The lowest BCUT2D eigenvalue weighted by Crippen LogP contribution is -2.39. The Balaban J connectivity index is 2.26. The number of rotatable bonds is 2. The minimum absolute atomic E-state index is 0.698. The molecule has 72 valence electrons. The molecule has 1 heterocycles. The molecule has 0 bridgehead atoms. The van der Waals surface area contributed by atoms with E-state index in [0.29, 0.717) is 6.04 Å². The second kappa shape index (κ2) is 3.40. The van der Waals surface area contributed by atoms with E-state index in [4.69, 9.17) is 5.73 Å². The van der Waals surface area contributed by atoms with E-state index in [2.05, 4.69) is 22.7 Å². The van der Waals surface area contributed by atoms with Crippen LogP contribution >= 0.6 is 0 Å². The molecule has 3 N–H and O–H groups in total. The molecule has 1 aliphatic rings. The first-order valence-electron chi connectivity index (χ1n) is 5.19.